The molecule has 2 rings (SSSR count). The number of nitrogens with one attached hydrogen (secondary N) is 1. The Hall–Kier alpha value is -2.09. The van der Waals surface area contributed by atoms with Crippen molar-refractivity contribution in [2.45, 2.75) is 37.6 Å². The highest BCUT2D eigenvalue weighted by atomic mass is 19.4. The lowest BCUT2D eigenvalue weighted by Gasteiger charge is -2.15. The molecule has 0 radical (unpaired) electrons. The first kappa shape index (κ1) is 16.3. The topological polar surface area (TPSA) is 75.6 Å². The molecule has 0 saturated carbocycles. The highest BCUT2D eigenvalue weighted by molar-refractivity contribution is 5.95. The van der Waals surface area contributed by atoms with Crippen LogP contribution in [0.2, 0.25) is 0 Å². The van der Waals surface area contributed by atoms with Crippen molar-refractivity contribution in [1.29, 1.82) is 0 Å². The first-order valence-corrected chi connectivity index (χ1v) is 6.60. The summed E-state index contributed by atoms with van der Waals surface area (Å²) in [5, 5.41) is 11.2. The van der Waals surface area contributed by atoms with E-state index in [1.165, 1.54) is 24.3 Å². The van der Waals surface area contributed by atoms with Gasteiger partial charge in [-0.3, -0.25) is 4.79 Å². The normalized spacial score (nSPS) is 21.6. The van der Waals surface area contributed by atoms with Crippen molar-refractivity contribution in [3.8, 4) is 0 Å². The van der Waals surface area contributed by atoms with Gasteiger partial charge >= 0.3 is 12.1 Å². The molecular weight excluding hydrogens is 303 g/mol. The van der Waals surface area contributed by atoms with E-state index in [1.54, 1.807) is 0 Å². The van der Waals surface area contributed by atoms with Crippen LogP contribution in [-0.4, -0.2) is 35.4 Å². The van der Waals surface area contributed by atoms with Gasteiger partial charge in [0.05, 0.1) is 6.42 Å². The number of para-hydroxylation sites is 1. The first-order valence-electron chi connectivity index (χ1n) is 6.60. The highest BCUT2D eigenvalue weighted by Gasteiger charge is 2.35. The lowest BCUT2D eigenvalue weighted by molar-refractivity contribution is -0.151. The SMILES string of the molecule is O=C(Nc1ccccc1CC(F)(F)F)[C@@H]1CC[C@H](C(=O)O)O1. The minimum absolute atomic E-state index is 0.0483. The van der Waals surface area contributed by atoms with Crippen LogP contribution < -0.4 is 5.32 Å². The van der Waals surface area contributed by atoms with E-state index < -0.39 is 36.7 Å². The number of hydrogen-bond donors (Lipinski definition) is 2. The number of halogens is 3. The molecule has 1 saturated heterocycles. The lowest BCUT2D eigenvalue weighted by atomic mass is 10.1. The van der Waals surface area contributed by atoms with Gasteiger partial charge in [-0.2, -0.15) is 13.2 Å². The van der Waals surface area contributed by atoms with Gasteiger partial charge in [0, 0.05) is 5.69 Å². The summed E-state index contributed by atoms with van der Waals surface area (Å²) in [6.45, 7) is 0. The number of rotatable bonds is 4. The second kappa shape index (κ2) is 6.35. The summed E-state index contributed by atoms with van der Waals surface area (Å²) in [4.78, 5) is 22.7. The maximum Gasteiger partial charge on any atom is 0.393 e. The predicted octanol–water partition coefficient (Wildman–Crippen LogP) is 2.36. The van der Waals surface area contributed by atoms with E-state index >= 15 is 0 Å². The van der Waals surface area contributed by atoms with Crippen LogP contribution >= 0.6 is 0 Å². The van der Waals surface area contributed by atoms with Crippen LogP contribution in [0.3, 0.4) is 0 Å². The Bertz CT molecular complexity index is 573. The molecule has 5 nitrogen and oxygen atoms in total. The van der Waals surface area contributed by atoms with Gasteiger partial charge in [-0.15, -0.1) is 0 Å². The van der Waals surface area contributed by atoms with Crippen LogP contribution in [0, 0.1) is 0 Å². The summed E-state index contributed by atoms with van der Waals surface area (Å²) >= 11 is 0. The fourth-order valence-corrected chi connectivity index (χ4v) is 2.24. The Labute approximate surface area is 124 Å². The number of amides is 1. The number of alkyl halides is 3. The van der Waals surface area contributed by atoms with Crippen molar-refractivity contribution < 1.29 is 32.6 Å². The van der Waals surface area contributed by atoms with Crippen LogP contribution in [0.5, 0.6) is 0 Å². The number of carboxylic acids is 1. The van der Waals surface area contributed by atoms with Gasteiger partial charge in [-0.05, 0) is 24.5 Å². The molecule has 0 aromatic heterocycles. The predicted molar refractivity (Wildman–Crippen MR) is 70.4 cm³/mol. The molecule has 1 fully saturated rings. The zero-order valence-corrected chi connectivity index (χ0v) is 11.4. The molecule has 1 aliphatic heterocycles. The third-order valence-corrected chi connectivity index (χ3v) is 3.25. The number of aliphatic carboxylic acids is 1. The summed E-state index contributed by atoms with van der Waals surface area (Å²) in [5.41, 5.74) is -0.0108. The molecule has 0 aliphatic carbocycles. The summed E-state index contributed by atoms with van der Waals surface area (Å²) in [6.07, 6.45) is -7.17. The smallest absolute Gasteiger partial charge is 0.393 e. The van der Waals surface area contributed by atoms with E-state index in [0.29, 0.717) is 0 Å². The minimum Gasteiger partial charge on any atom is -0.479 e. The maximum atomic E-state index is 12.5. The summed E-state index contributed by atoms with van der Waals surface area (Å²) in [6, 6.07) is 5.59. The average molecular weight is 317 g/mol. The minimum atomic E-state index is -4.39. The molecule has 1 heterocycles. The lowest BCUT2D eigenvalue weighted by Crippen LogP contribution is -2.30. The van der Waals surface area contributed by atoms with Gasteiger partial charge in [0.15, 0.2) is 6.10 Å². The molecule has 22 heavy (non-hydrogen) atoms. The second-order valence-corrected chi connectivity index (χ2v) is 4.97. The molecular formula is C14H14F3NO4. The summed E-state index contributed by atoms with van der Waals surface area (Å²) in [7, 11) is 0. The van der Waals surface area contributed by atoms with Crippen molar-refractivity contribution in [2.75, 3.05) is 5.32 Å². The van der Waals surface area contributed by atoms with Crippen molar-refractivity contribution in [3.05, 3.63) is 29.8 Å². The second-order valence-electron chi connectivity index (χ2n) is 4.97. The molecule has 8 heteroatoms. The number of hydrogen-bond acceptors (Lipinski definition) is 3. The number of benzene rings is 1. The number of anilines is 1. The Morgan fingerprint density at radius 2 is 1.86 bits per heavy atom. The standard InChI is InChI=1S/C14H14F3NO4/c15-14(16,17)7-8-3-1-2-4-9(8)18-12(19)10-5-6-11(22-10)13(20)21/h1-4,10-11H,5-7H2,(H,18,19)(H,20,21)/t10-,11+/m0/s1. The maximum absolute atomic E-state index is 12.5. The average Bonchev–Trinajstić information content (AvgIpc) is 2.89. The van der Waals surface area contributed by atoms with Gasteiger partial charge in [0.2, 0.25) is 0 Å². The van der Waals surface area contributed by atoms with Crippen LogP contribution in [0.15, 0.2) is 24.3 Å². The van der Waals surface area contributed by atoms with E-state index in [2.05, 4.69) is 5.32 Å². The van der Waals surface area contributed by atoms with Crippen LogP contribution in [0.4, 0.5) is 18.9 Å². The highest BCUT2D eigenvalue weighted by Crippen LogP contribution is 2.27. The third-order valence-electron chi connectivity index (χ3n) is 3.25. The molecule has 120 valence electrons. The third kappa shape index (κ3) is 4.20. The van der Waals surface area contributed by atoms with E-state index in [-0.39, 0.29) is 24.1 Å². The van der Waals surface area contributed by atoms with Gasteiger partial charge in [0.25, 0.3) is 5.91 Å². The Balaban J connectivity index is 2.05. The van der Waals surface area contributed by atoms with Crippen LogP contribution in [0.25, 0.3) is 0 Å². The van der Waals surface area contributed by atoms with Gasteiger partial charge < -0.3 is 15.2 Å². The Morgan fingerprint density at radius 3 is 2.45 bits per heavy atom. The largest absolute Gasteiger partial charge is 0.479 e. The zero-order valence-electron chi connectivity index (χ0n) is 11.4. The molecule has 1 aromatic rings. The van der Waals surface area contributed by atoms with Gasteiger partial charge in [-0.25, -0.2) is 4.79 Å². The molecule has 1 aliphatic rings. The van der Waals surface area contributed by atoms with Gasteiger partial charge in [0.1, 0.15) is 6.10 Å². The molecule has 2 atom stereocenters. The number of ether oxygens (including phenoxy) is 1. The van der Waals surface area contributed by atoms with Crippen molar-refractivity contribution in [2.24, 2.45) is 0 Å². The summed E-state index contributed by atoms with van der Waals surface area (Å²) < 4.78 is 42.6. The van der Waals surface area contributed by atoms with E-state index in [9.17, 15) is 22.8 Å². The fraction of sp³-hybridized carbons (Fsp3) is 0.429. The zero-order chi connectivity index (χ0) is 16.3. The van der Waals surface area contributed by atoms with E-state index in [0.717, 1.165) is 0 Å². The van der Waals surface area contributed by atoms with Crippen molar-refractivity contribution in [1.82, 2.24) is 0 Å². The molecule has 1 aromatic carbocycles. The first-order chi connectivity index (χ1) is 10.3. The number of carbonyl (C=O) groups is 2. The number of carbonyl (C=O) groups excluding carboxylic acids is 1. The van der Waals surface area contributed by atoms with Crippen molar-refractivity contribution in [3.63, 3.8) is 0 Å². The molecule has 1 amide bonds. The molecule has 0 spiro atoms. The van der Waals surface area contributed by atoms with E-state index in [4.69, 9.17) is 9.84 Å². The Kier molecular flexibility index (Phi) is 4.70. The molecule has 0 bridgehead atoms. The summed E-state index contributed by atoms with van der Waals surface area (Å²) in [5.74, 6) is -1.80. The van der Waals surface area contributed by atoms with Gasteiger partial charge in [-0.1, -0.05) is 18.2 Å². The van der Waals surface area contributed by atoms with Crippen LogP contribution in [0.1, 0.15) is 18.4 Å². The molecule has 2 N–H and O–H groups in total. The number of carboxylic acid groups (broad SMARTS) is 1. The van der Waals surface area contributed by atoms with E-state index in [1.807, 2.05) is 0 Å². The van der Waals surface area contributed by atoms with Crippen molar-refractivity contribution >= 4 is 17.6 Å². The Morgan fingerprint density at radius 1 is 1.23 bits per heavy atom. The fourth-order valence-electron chi connectivity index (χ4n) is 2.24. The molecule has 0 unspecified atom stereocenters. The van der Waals surface area contributed by atoms with Crippen LogP contribution in [-0.2, 0) is 20.7 Å². The monoisotopic (exact) mass is 317 g/mol. The quantitative estimate of drug-likeness (QED) is 0.894.